The van der Waals surface area contributed by atoms with Crippen LogP contribution in [0.4, 0.5) is 0 Å². The summed E-state index contributed by atoms with van der Waals surface area (Å²) in [5, 5.41) is 0.524. The van der Waals surface area contributed by atoms with E-state index in [2.05, 4.69) is 9.97 Å². The average Bonchev–Trinajstić information content (AvgIpc) is 2.75. The molecule has 0 saturated heterocycles. The number of rotatable bonds is 9. The average molecular weight is 410 g/mol. The van der Waals surface area contributed by atoms with Crippen LogP contribution in [-0.2, 0) is 17.1 Å². The molecule has 0 aliphatic carbocycles. The highest BCUT2D eigenvalue weighted by Gasteiger charge is 2.08. The van der Waals surface area contributed by atoms with Gasteiger partial charge in [-0.1, -0.05) is 49.0 Å². The standard InChI is InChI=1S/C22H22N2O4S/c1-2-12-27-21(26)17-10-8-16(9-11-17)15-29-22-23-18(13-20(25)24-22)14-28-19-6-4-3-5-7-19/h3-11,13H,2,12,14-15H2,1H3,(H,23,24,25). The van der Waals surface area contributed by atoms with Crippen LogP contribution in [0.5, 0.6) is 5.75 Å². The highest BCUT2D eigenvalue weighted by molar-refractivity contribution is 7.98. The Hall–Kier alpha value is -3.06. The summed E-state index contributed by atoms with van der Waals surface area (Å²) >= 11 is 1.41. The molecule has 0 atom stereocenters. The van der Waals surface area contributed by atoms with Gasteiger partial charge in [-0.25, -0.2) is 9.78 Å². The van der Waals surface area contributed by atoms with Crippen LogP contribution in [0.15, 0.2) is 70.6 Å². The molecule has 6 nitrogen and oxygen atoms in total. The second kappa shape index (κ2) is 10.5. The molecule has 0 fully saturated rings. The summed E-state index contributed by atoms with van der Waals surface area (Å²) in [5.74, 6) is 1.01. The number of thioether (sulfide) groups is 1. The Bertz CT molecular complexity index is 988. The Kier molecular flexibility index (Phi) is 7.47. The van der Waals surface area contributed by atoms with Crippen molar-refractivity contribution >= 4 is 17.7 Å². The number of carbonyl (C=O) groups is 1. The van der Waals surface area contributed by atoms with Crippen LogP contribution in [0.25, 0.3) is 0 Å². The van der Waals surface area contributed by atoms with Gasteiger partial charge in [-0.2, -0.15) is 0 Å². The van der Waals surface area contributed by atoms with Gasteiger partial charge in [0.25, 0.3) is 5.56 Å². The van der Waals surface area contributed by atoms with Crippen LogP contribution in [-0.4, -0.2) is 22.5 Å². The molecule has 0 unspecified atom stereocenters. The van der Waals surface area contributed by atoms with Gasteiger partial charge in [-0.3, -0.25) is 4.79 Å². The van der Waals surface area contributed by atoms with E-state index in [4.69, 9.17) is 9.47 Å². The zero-order chi connectivity index (χ0) is 20.5. The molecule has 0 bridgehead atoms. The van der Waals surface area contributed by atoms with E-state index < -0.39 is 0 Å². The first-order valence-electron chi connectivity index (χ1n) is 9.31. The number of para-hydroxylation sites is 1. The summed E-state index contributed by atoms with van der Waals surface area (Å²) in [6.45, 7) is 2.59. The smallest absolute Gasteiger partial charge is 0.338 e. The molecule has 1 N–H and O–H groups in total. The van der Waals surface area contributed by atoms with E-state index in [1.807, 2.05) is 49.4 Å². The molecule has 0 amide bonds. The zero-order valence-corrected chi connectivity index (χ0v) is 16.9. The Morgan fingerprint density at radius 1 is 1.10 bits per heavy atom. The number of ether oxygens (including phenoxy) is 2. The van der Waals surface area contributed by atoms with E-state index >= 15 is 0 Å². The van der Waals surface area contributed by atoms with E-state index in [0.29, 0.717) is 28.8 Å². The molecular weight excluding hydrogens is 388 g/mol. The maximum atomic E-state index is 11.9. The molecule has 0 spiro atoms. The van der Waals surface area contributed by atoms with Crippen molar-refractivity contribution in [1.29, 1.82) is 0 Å². The molecule has 150 valence electrons. The van der Waals surface area contributed by atoms with Crippen LogP contribution in [0, 0.1) is 0 Å². The van der Waals surface area contributed by atoms with Gasteiger partial charge >= 0.3 is 5.97 Å². The number of esters is 1. The predicted octanol–water partition coefficient (Wildman–Crippen LogP) is 4.21. The lowest BCUT2D eigenvalue weighted by Gasteiger charge is -2.07. The SMILES string of the molecule is CCCOC(=O)c1ccc(CSc2nc(COc3ccccc3)cc(=O)[nH]2)cc1. The summed E-state index contributed by atoms with van der Waals surface area (Å²) in [4.78, 5) is 31.0. The second-order valence-corrected chi connectivity index (χ2v) is 7.23. The Morgan fingerprint density at radius 3 is 2.59 bits per heavy atom. The second-order valence-electron chi connectivity index (χ2n) is 6.27. The monoisotopic (exact) mass is 410 g/mol. The molecule has 1 aromatic heterocycles. The molecule has 3 rings (SSSR count). The Labute approximate surface area is 173 Å². The lowest BCUT2D eigenvalue weighted by molar-refractivity contribution is 0.0505. The fourth-order valence-electron chi connectivity index (χ4n) is 2.47. The number of hydrogen-bond acceptors (Lipinski definition) is 6. The third kappa shape index (κ3) is 6.50. The highest BCUT2D eigenvalue weighted by atomic mass is 32.2. The van der Waals surface area contributed by atoms with Gasteiger partial charge in [0.05, 0.1) is 17.9 Å². The molecule has 29 heavy (non-hydrogen) atoms. The summed E-state index contributed by atoms with van der Waals surface area (Å²) < 4.78 is 10.8. The molecule has 1 heterocycles. The van der Waals surface area contributed by atoms with Gasteiger partial charge in [0.2, 0.25) is 0 Å². The van der Waals surface area contributed by atoms with Crippen LogP contribution in [0.2, 0.25) is 0 Å². The Balaban J connectivity index is 1.58. The number of H-pyrrole nitrogens is 1. The molecule has 7 heteroatoms. The van der Waals surface area contributed by atoms with Crippen molar-refractivity contribution in [3.05, 3.63) is 87.8 Å². The molecule has 0 aliphatic rings. The quantitative estimate of drug-likeness (QED) is 0.323. The van der Waals surface area contributed by atoms with Crippen molar-refractivity contribution in [1.82, 2.24) is 9.97 Å². The normalized spacial score (nSPS) is 10.5. The van der Waals surface area contributed by atoms with Gasteiger partial charge in [0.15, 0.2) is 5.16 Å². The van der Waals surface area contributed by atoms with Crippen LogP contribution in [0.1, 0.15) is 35.0 Å². The fraction of sp³-hybridized carbons (Fsp3) is 0.227. The third-order valence-electron chi connectivity index (χ3n) is 3.91. The van der Waals surface area contributed by atoms with Crippen LogP contribution < -0.4 is 10.3 Å². The number of hydrogen-bond donors (Lipinski definition) is 1. The van der Waals surface area contributed by atoms with Gasteiger partial charge in [0, 0.05) is 11.8 Å². The van der Waals surface area contributed by atoms with Crippen molar-refractivity contribution in [2.45, 2.75) is 30.9 Å². The minimum absolute atomic E-state index is 0.218. The predicted molar refractivity (Wildman–Crippen MR) is 112 cm³/mol. The molecule has 3 aromatic rings. The number of nitrogens with one attached hydrogen (secondary N) is 1. The van der Waals surface area contributed by atoms with Crippen LogP contribution in [0.3, 0.4) is 0 Å². The largest absolute Gasteiger partial charge is 0.487 e. The maximum absolute atomic E-state index is 11.9. The van der Waals surface area contributed by atoms with E-state index in [9.17, 15) is 9.59 Å². The number of nitrogens with zero attached hydrogens (tertiary/aromatic N) is 1. The number of carbonyl (C=O) groups excluding carboxylic acids is 1. The van der Waals surface area contributed by atoms with E-state index in [0.717, 1.165) is 17.7 Å². The number of aromatic nitrogens is 2. The number of aromatic amines is 1. The minimum Gasteiger partial charge on any atom is -0.487 e. The number of benzene rings is 2. The van der Waals surface area contributed by atoms with Gasteiger partial charge in [-0.05, 0) is 36.2 Å². The molecule has 0 saturated carbocycles. The molecule has 0 aliphatic heterocycles. The fourth-order valence-corrected chi connectivity index (χ4v) is 3.32. The molecular formula is C22H22N2O4S. The van der Waals surface area contributed by atoms with Crippen molar-refractivity contribution in [3.8, 4) is 5.75 Å². The van der Waals surface area contributed by atoms with E-state index in [-0.39, 0.29) is 18.1 Å². The van der Waals surface area contributed by atoms with Gasteiger partial charge < -0.3 is 14.5 Å². The summed E-state index contributed by atoms with van der Waals surface area (Å²) in [6, 6.07) is 18.0. The van der Waals surface area contributed by atoms with Crippen molar-refractivity contribution in [2.75, 3.05) is 6.61 Å². The zero-order valence-electron chi connectivity index (χ0n) is 16.1. The first kappa shape index (κ1) is 20.7. The maximum Gasteiger partial charge on any atom is 0.338 e. The first-order chi connectivity index (χ1) is 14.1. The van der Waals surface area contributed by atoms with Crippen molar-refractivity contribution in [3.63, 3.8) is 0 Å². The minimum atomic E-state index is -0.317. The van der Waals surface area contributed by atoms with E-state index in [1.54, 1.807) is 12.1 Å². The lowest BCUT2D eigenvalue weighted by atomic mass is 10.1. The van der Waals surface area contributed by atoms with Crippen molar-refractivity contribution in [2.24, 2.45) is 0 Å². The summed E-state index contributed by atoms with van der Waals surface area (Å²) in [6.07, 6.45) is 0.793. The lowest BCUT2D eigenvalue weighted by Crippen LogP contribution is -2.11. The first-order valence-corrected chi connectivity index (χ1v) is 10.3. The van der Waals surface area contributed by atoms with E-state index in [1.165, 1.54) is 17.8 Å². The molecule has 2 aromatic carbocycles. The van der Waals surface area contributed by atoms with Crippen molar-refractivity contribution < 1.29 is 14.3 Å². The third-order valence-corrected chi connectivity index (χ3v) is 4.85. The van der Waals surface area contributed by atoms with Gasteiger partial charge in [0.1, 0.15) is 12.4 Å². The van der Waals surface area contributed by atoms with Crippen LogP contribution >= 0.6 is 11.8 Å². The highest BCUT2D eigenvalue weighted by Crippen LogP contribution is 2.19. The topological polar surface area (TPSA) is 81.3 Å². The summed E-state index contributed by atoms with van der Waals surface area (Å²) in [7, 11) is 0. The molecule has 0 radical (unpaired) electrons. The van der Waals surface area contributed by atoms with Gasteiger partial charge in [-0.15, -0.1) is 0 Å². The Morgan fingerprint density at radius 2 is 1.86 bits per heavy atom. The summed E-state index contributed by atoms with van der Waals surface area (Å²) in [5.41, 5.74) is 1.88.